The lowest BCUT2D eigenvalue weighted by atomic mass is 10.1. The molecule has 0 aliphatic heterocycles. The summed E-state index contributed by atoms with van der Waals surface area (Å²) in [5, 5.41) is 14.7. The Balaban J connectivity index is 1.65. The second-order valence-corrected chi connectivity index (χ2v) is 6.10. The van der Waals surface area contributed by atoms with Crippen LogP contribution in [-0.4, -0.2) is 29.5 Å². The molecule has 29 heavy (non-hydrogen) atoms. The number of rotatable bonds is 7. The summed E-state index contributed by atoms with van der Waals surface area (Å²) in [4.78, 5) is 24.7. The van der Waals surface area contributed by atoms with Gasteiger partial charge in [0.1, 0.15) is 28.7 Å². The van der Waals surface area contributed by atoms with Gasteiger partial charge in [0, 0.05) is 18.1 Å². The Morgan fingerprint density at radius 3 is 2.52 bits per heavy atom. The quantitative estimate of drug-likeness (QED) is 0.642. The van der Waals surface area contributed by atoms with E-state index in [1.54, 1.807) is 60.3 Å². The van der Waals surface area contributed by atoms with Crippen molar-refractivity contribution in [3.05, 3.63) is 65.7 Å². The van der Waals surface area contributed by atoms with Gasteiger partial charge in [0.15, 0.2) is 0 Å². The number of amides is 2. The van der Waals surface area contributed by atoms with E-state index in [0.717, 1.165) is 0 Å². The maximum atomic E-state index is 12.6. The average molecular weight is 392 g/mol. The van der Waals surface area contributed by atoms with Crippen molar-refractivity contribution in [2.75, 3.05) is 18.5 Å². The van der Waals surface area contributed by atoms with Gasteiger partial charge in [-0.15, -0.1) is 0 Å². The average Bonchev–Trinajstić information content (AvgIpc) is 3.35. The minimum absolute atomic E-state index is 0.114. The monoisotopic (exact) mass is 392 g/mol. The standard InChI is InChI=1S/C21H20N4O4/c1-3-28-16-8-6-15(7-9-16)24-18(26)13-23-20(27)19-14(2)29-21(17(19)12-22)25-10-4-5-11-25/h4-11H,3,13H2,1-2H3,(H,23,27)(H,24,26). The van der Waals surface area contributed by atoms with Crippen LogP contribution in [0.5, 0.6) is 5.75 Å². The van der Waals surface area contributed by atoms with Crippen LogP contribution in [0.4, 0.5) is 5.69 Å². The first-order valence-electron chi connectivity index (χ1n) is 9.01. The van der Waals surface area contributed by atoms with Gasteiger partial charge in [0.05, 0.1) is 13.2 Å². The minimum Gasteiger partial charge on any atom is -0.494 e. The van der Waals surface area contributed by atoms with Crippen LogP contribution in [0.3, 0.4) is 0 Å². The number of hydrogen-bond donors (Lipinski definition) is 2. The molecule has 0 fully saturated rings. The van der Waals surface area contributed by atoms with Gasteiger partial charge in [-0.3, -0.25) is 14.2 Å². The Morgan fingerprint density at radius 1 is 1.21 bits per heavy atom. The molecule has 1 aromatic carbocycles. The van der Waals surface area contributed by atoms with Gasteiger partial charge in [-0.2, -0.15) is 5.26 Å². The lowest BCUT2D eigenvalue weighted by Crippen LogP contribution is -2.33. The summed E-state index contributed by atoms with van der Waals surface area (Å²) in [6.07, 6.45) is 3.43. The zero-order chi connectivity index (χ0) is 20.8. The lowest BCUT2D eigenvalue weighted by Gasteiger charge is -2.08. The molecule has 3 aromatic rings. The molecule has 0 aliphatic rings. The molecular formula is C21H20N4O4. The van der Waals surface area contributed by atoms with Crippen LogP contribution in [0.15, 0.2) is 53.2 Å². The predicted molar refractivity (Wildman–Crippen MR) is 106 cm³/mol. The maximum Gasteiger partial charge on any atom is 0.256 e. The molecule has 8 heteroatoms. The number of benzene rings is 1. The Hall–Kier alpha value is -3.99. The zero-order valence-electron chi connectivity index (χ0n) is 16.1. The van der Waals surface area contributed by atoms with Crippen molar-refractivity contribution < 1.29 is 18.7 Å². The topological polar surface area (TPSA) is 109 Å². The number of nitrogens with one attached hydrogen (secondary N) is 2. The fourth-order valence-electron chi connectivity index (χ4n) is 2.81. The summed E-state index contributed by atoms with van der Waals surface area (Å²) in [5.41, 5.74) is 0.813. The van der Waals surface area contributed by atoms with Crippen molar-refractivity contribution >= 4 is 17.5 Å². The SMILES string of the molecule is CCOc1ccc(NC(=O)CNC(=O)c2c(C)oc(-n3cccc3)c2C#N)cc1. The highest BCUT2D eigenvalue weighted by Crippen LogP contribution is 2.25. The Labute approximate surface area is 167 Å². The highest BCUT2D eigenvalue weighted by molar-refractivity contribution is 6.01. The molecular weight excluding hydrogens is 372 g/mol. The first-order valence-corrected chi connectivity index (χ1v) is 9.01. The second kappa shape index (κ2) is 8.80. The van der Waals surface area contributed by atoms with Crippen molar-refractivity contribution in [2.45, 2.75) is 13.8 Å². The van der Waals surface area contributed by atoms with Crippen molar-refractivity contribution in [3.63, 3.8) is 0 Å². The van der Waals surface area contributed by atoms with Crippen LogP contribution in [0.1, 0.15) is 28.6 Å². The molecule has 2 heterocycles. The minimum atomic E-state index is -0.553. The normalized spacial score (nSPS) is 10.2. The number of nitrogens with zero attached hydrogens (tertiary/aromatic N) is 2. The maximum absolute atomic E-state index is 12.6. The van der Waals surface area contributed by atoms with Gasteiger partial charge < -0.3 is 19.8 Å². The molecule has 148 valence electrons. The van der Waals surface area contributed by atoms with Gasteiger partial charge in [0.25, 0.3) is 5.91 Å². The van der Waals surface area contributed by atoms with E-state index in [0.29, 0.717) is 23.8 Å². The van der Waals surface area contributed by atoms with Crippen molar-refractivity contribution in [1.29, 1.82) is 5.26 Å². The van der Waals surface area contributed by atoms with E-state index in [-0.39, 0.29) is 23.6 Å². The molecule has 0 radical (unpaired) electrons. The molecule has 0 unspecified atom stereocenters. The third kappa shape index (κ3) is 4.47. The third-order valence-corrected chi connectivity index (χ3v) is 4.10. The molecule has 0 saturated heterocycles. The Kier molecular flexibility index (Phi) is 6.00. The van der Waals surface area contributed by atoms with Gasteiger partial charge in [-0.25, -0.2) is 0 Å². The fraction of sp³-hybridized carbons (Fsp3) is 0.190. The summed E-state index contributed by atoms with van der Waals surface area (Å²) in [7, 11) is 0. The molecule has 0 spiro atoms. The highest BCUT2D eigenvalue weighted by Gasteiger charge is 2.24. The molecule has 0 bridgehead atoms. The van der Waals surface area contributed by atoms with Crippen molar-refractivity contribution in [3.8, 4) is 17.7 Å². The number of aryl methyl sites for hydroxylation is 1. The summed E-state index contributed by atoms with van der Waals surface area (Å²) in [6, 6.07) is 12.5. The fourth-order valence-corrected chi connectivity index (χ4v) is 2.81. The lowest BCUT2D eigenvalue weighted by molar-refractivity contribution is -0.115. The molecule has 8 nitrogen and oxygen atoms in total. The van der Waals surface area contributed by atoms with Crippen molar-refractivity contribution in [2.24, 2.45) is 0 Å². The largest absolute Gasteiger partial charge is 0.494 e. The van der Waals surface area contributed by atoms with Crippen LogP contribution in [0.2, 0.25) is 0 Å². The summed E-state index contributed by atoms with van der Waals surface area (Å²) in [6.45, 7) is 3.80. The van der Waals surface area contributed by atoms with Gasteiger partial charge in [-0.1, -0.05) is 0 Å². The first kappa shape index (κ1) is 19.8. The number of anilines is 1. The second-order valence-electron chi connectivity index (χ2n) is 6.10. The number of aromatic nitrogens is 1. The van der Waals surface area contributed by atoms with E-state index in [4.69, 9.17) is 9.15 Å². The van der Waals surface area contributed by atoms with Crippen LogP contribution >= 0.6 is 0 Å². The van der Waals surface area contributed by atoms with Crippen LogP contribution in [-0.2, 0) is 4.79 Å². The Bertz CT molecular complexity index is 1040. The Morgan fingerprint density at radius 2 is 1.90 bits per heavy atom. The first-order chi connectivity index (χ1) is 14.0. The van der Waals surface area contributed by atoms with Crippen LogP contribution in [0, 0.1) is 18.3 Å². The van der Waals surface area contributed by atoms with E-state index in [1.807, 2.05) is 13.0 Å². The number of hydrogen-bond acceptors (Lipinski definition) is 5. The van der Waals surface area contributed by atoms with E-state index in [1.165, 1.54) is 0 Å². The molecule has 0 atom stereocenters. The molecule has 2 amide bonds. The summed E-state index contributed by atoms with van der Waals surface area (Å²) in [5.74, 6) is 0.321. The highest BCUT2D eigenvalue weighted by atomic mass is 16.5. The van der Waals surface area contributed by atoms with Gasteiger partial charge >= 0.3 is 0 Å². The van der Waals surface area contributed by atoms with E-state index in [9.17, 15) is 14.9 Å². The summed E-state index contributed by atoms with van der Waals surface area (Å²) >= 11 is 0. The number of furan rings is 1. The molecule has 3 rings (SSSR count). The van der Waals surface area contributed by atoms with Crippen molar-refractivity contribution in [1.82, 2.24) is 9.88 Å². The predicted octanol–water partition coefficient (Wildman–Crippen LogP) is 3.02. The molecule has 0 aliphatic carbocycles. The third-order valence-electron chi connectivity index (χ3n) is 4.10. The van der Waals surface area contributed by atoms with Gasteiger partial charge in [0.2, 0.25) is 11.8 Å². The van der Waals surface area contributed by atoms with Gasteiger partial charge in [-0.05, 0) is 50.2 Å². The summed E-state index contributed by atoms with van der Waals surface area (Å²) < 4.78 is 12.6. The van der Waals surface area contributed by atoms with E-state index in [2.05, 4.69) is 10.6 Å². The molecule has 2 N–H and O–H groups in total. The van der Waals surface area contributed by atoms with E-state index < -0.39 is 11.8 Å². The molecule has 0 saturated carbocycles. The van der Waals surface area contributed by atoms with Crippen LogP contribution < -0.4 is 15.4 Å². The molecule has 2 aromatic heterocycles. The smallest absolute Gasteiger partial charge is 0.256 e. The van der Waals surface area contributed by atoms with Crippen LogP contribution in [0.25, 0.3) is 5.88 Å². The zero-order valence-corrected chi connectivity index (χ0v) is 16.1. The number of nitriles is 1. The number of ether oxygens (including phenoxy) is 1. The van der Waals surface area contributed by atoms with E-state index >= 15 is 0 Å². The number of carbonyl (C=O) groups is 2. The number of carbonyl (C=O) groups excluding carboxylic acids is 2.